The Morgan fingerprint density at radius 3 is 1.76 bits per heavy atom. The summed E-state index contributed by atoms with van der Waals surface area (Å²) in [5.74, 6) is 0.167. The van der Waals surface area contributed by atoms with Gasteiger partial charge in [-0.1, -0.05) is 91.0 Å². The highest BCUT2D eigenvalue weighted by molar-refractivity contribution is 5.22. The molecule has 0 fully saturated rings. The Kier molecular flexibility index (Phi) is 10.6. The number of benzene rings is 3. The van der Waals surface area contributed by atoms with Gasteiger partial charge < -0.3 is 15.3 Å². The van der Waals surface area contributed by atoms with E-state index in [0.717, 1.165) is 43.2 Å². The quantitative estimate of drug-likeness (QED) is 0.297. The Labute approximate surface area is 198 Å². The predicted octanol–water partition coefficient (Wildman–Crippen LogP) is 5.71. The summed E-state index contributed by atoms with van der Waals surface area (Å²) < 4.78 is 0. The van der Waals surface area contributed by atoms with Gasteiger partial charge in [-0.25, -0.2) is 0 Å². The van der Waals surface area contributed by atoms with Crippen LogP contribution in [0.3, 0.4) is 0 Å². The average molecular weight is 447 g/mol. The van der Waals surface area contributed by atoms with Gasteiger partial charge in [0.25, 0.3) is 0 Å². The number of rotatable bonds is 14. The molecule has 3 N–H and O–H groups in total. The molecule has 0 bridgehead atoms. The Bertz CT molecular complexity index is 882. The standard InChI is InChI=1S/C30H38O3/c31-22-10-17-29(26-15-8-3-9-16-26)30(33)27(19-18-24-11-4-1-5-12-24)20-21-28(23-32)25-13-6-2-7-14-25/h1-9,11-16,27-33H,10,17-23H2. The first-order valence-electron chi connectivity index (χ1n) is 12.3. The molecule has 0 aromatic heterocycles. The molecule has 0 aliphatic carbocycles. The van der Waals surface area contributed by atoms with E-state index >= 15 is 0 Å². The first-order valence-corrected chi connectivity index (χ1v) is 12.3. The average Bonchev–Trinajstić information content (AvgIpc) is 2.88. The first-order chi connectivity index (χ1) is 16.2. The molecule has 0 aliphatic heterocycles. The van der Waals surface area contributed by atoms with Crippen molar-refractivity contribution in [2.45, 2.75) is 56.5 Å². The van der Waals surface area contributed by atoms with Crippen molar-refractivity contribution in [1.82, 2.24) is 0 Å². The molecule has 0 saturated carbocycles. The number of aliphatic hydroxyl groups is 3. The SMILES string of the molecule is OCCCC(c1ccccc1)C(O)C(CCc1ccccc1)CCC(CO)c1ccccc1. The summed E-state index contributed by atoms with van der Waals surface area (Å²) in [6, 6.07) is 30.8. The molecule has 3 rings (SSSR count). The summed E-state index contributed by atoms with van der Waals surface area (Å²) >= 11 is 0. The molecule has 176 valence electrons. The minimum Gasteiger partial charge on any atom is -0.396 e. The summed E-state index contributed by atoms with van der Waals surface area (Å²) in [7, 11) is 0. The van der Waals surface area contributed by atoms with Crippen molar-refractivity contribution < 1.29 is 15.3 Å². The zero-order valence-electron chi connectivity index (χ0n) is 19.5. The zero-order chi connectivity index (χ0) is 23.3. The van der Waals surface area contributed by atoms with E-state index in [0.29, 0.717) is 6.42 Å². The topological polar surface area (TPSA) is 60.7 Å². The van der Waals surface area contributed by atoms with Crippen LogP contribution < -0.4 is 0 Å². The molecular formula is C30H38O3. The number of hydrogen-bond acceptors (Lipinski definition) is 3. The molecule has 0 amide bonds. The van der Waals surface area contributed by atoms with Crippen LogP contribution >= 0.6 is 0 Å². The summed E-state index contributed by atoms with van der Waals surface area (Å²) in [6.45, 7) is 0.240. The van der Waals surface area contributed by atoms with Crippen molar-refractivity contribution in [2.75, 3.05) is 13.2 Å². The fourth-order valence-electron chi connectivity index (χ4n) is 4.86. The van der Waals surface area contributed by atoms with E-state index in [9.17, 15) is 15.3 Å². The van der Waals surface area contributed by atoms with Crippen molar-refractivity contribution in [3.8, 4) is 0 Å². The largest absolute Gasteiger partial charge is 0.396 e. The third-order valence-corrected chi connectivity index (χ3v) is 6.82. The molecule has 3 heteroatoms. The van der Waals surface area contributed by atoms with Gasteiger partial charge in [0.2, 0.25) is 0 Å². The van der Waals surface area contributed by atoms with Crippen molar-refractivity contribution in [1.29, 1.82) is 0 Å². The minimum atomic E-state index is -0.502. The summed E-state index contributed by atoms with van der Waals surface area (Å²) in [5.41, 5.74) is 3.56. The fourth-order valence-corrected chi connectivity index (χ4v) is 4.86. The van der Waals surface area contributed by atoms with E-state index in [2.05, 4.69) is 48.5 Å². The van der Waals surface area contributed by atoms with Crippen LogP contribution in [0.25, 0.3) is 0 Å². The van der Waals surface area contributed by atoms with Crippen molar-refractivity contribution in [3.05, 3.63) is 108 Å². The van der Waals surface area contributed by atoms with E-state index in [-0.39, 0.29) is 31.0 Å². The number of aliphatic hydroxyl groups excluding tert-OH is 3. The van der Waals surface area contributed by atoms with Crippen LogP contribution in [0.5, 0.6) is 0 Å². The lowest BCUT2D eigenvalue weighted by Crippen LogP contribution is -2.29. The second-order valence-corrected chi connectivity index (χ2v) is 9.03. The minimum absolute atomic E-state index is 0.0107. The molecule has 4 unspecified atom stereocenters. The molecule has 3 nitrogen and oxygen atoms in total. The van der Waals surface area contributed by atoms with Crippen molar-refractivity contribution >= 4 is 0 Å². The lowest BCUT2D eigenvalue weighted by Gasteiger charge is -2.31. The van der Waals surface area contributed by atoms with Crippen LogP contribution in [0.15, 0.2) is 91.0 Å². The highest BCUT2D eigenvalue weighted by Crippen LogP contribution is 2.35. The van der Waals surface area contributed by atoms with Crippen LogP contribution in [0.1, 0.15) is 60.6 Å². The maximum Gasteiger partial charge on any atom is 0.0636 e. The molecule has 33 heavy (non-hydrogen) atoms. The van der Waals surface area contributed by atoms with Gasteiger partial charge in [0.1, 0.15) is 0 Å². The first kappa shape index (κ1) is 25.2. The third kappa shape index (κ3) is 7.82. The summed E-state index contributed by atoms with van der Waals surface area (Å²) in [4.78, 5) is 0. The van der Waals surface area contributed by atoms with E-state index in [1.54, 1.807) is 0 Å². The van der Waals surface area contributed by atoms with Gasteiger partial charge in [-0.15, -0.1) is 0 Å². The Morgan fingerprint density at radius 2 is 1.18 bits per heavy atom. The van der Waals surface area contributed by atoms with Gasteiger partial charge in [-0.3, -0.25) is 0 Å². The maximum absolute atomic E-state index is 11.6. The van der Waals surface area contributed by atoms with E-state index in [1.165, 1.54) is 5.56 Å². The number of hydrogen-bond donors (Lipinski definition) is 3. The smallest absolute Gasteiger partial charge is 0.0636 e. The van der Waals surface area contributed by atoms with Crippen LogP contribution in [-0.4, -0.2) is 34.6 Å². The molecule has 0 aliphatic rings. The fraction of sp³-hybridized carbons (Fsp3) is 0.400. The Hall–Kier alpha value is -2.46. The van der Waals surface area contributed by atoms with Crippen molar-refractivity contribution in [2.24, 2.45) is 5.92 Å². The van der Waals surface area contributed by atoms with Crippen LogP contribution in [-0.2, 0) is 6.42 Å². The second kappa shape index (κ2) is 13.9. The molecule has 3 aromatic rings. The molecule has 0 saturated heterocycles. The zero-order valence-corrected chi connectivity index (χ0v) is 19.5. The normalized spacial score (nSPS) is 15.0. The van der Waals surface area contributed by atoms with Crippen LogP contribution in [0.4, 0.5) is 0 Å². The molecule has 3 aromatic carbocycles. The Morgan fingerprint density at radius 1 is 0.606 bits per heavy atom. The number of aryl methyl sites for hydroxylation is 1. The highest BCUT2D eigenvalue weighted by atomic mass is 16.3. The lowest BCUT2D eigenvalue weighted by molar-refractivity contribution is 0.0623. The molecule has 4 atom stereocenters. The van der Waals surface area contributed by atoms with Crippen LogP contribution in [0, 0.1) is 5.92 Å². The predicted molar refractivity (Wildman–Crippen MR) is 135 cm³/mol. The van der Waals surface area contributed by atoms with Gasteiger partial charge in [0.15, 0.2) is 0 Å². The summed E-state index contributed by atoms with van der Waals surface area (Å²) in [6.07, 6.45) is 4.41. The summed E-state index contributed by atoms with van der Waals surface area (Å²) in [5, 5.41) is 31.1. The van der Waals surface area contributed by atoms with Gasteiger partial charge >= 0.3 is 0 Å². The van der Waals surface area contributed by atoms with Gasteiger partial charge in [-0.05, 0) is 61.1 Å². The van der Waals surface area contributed by atoms with Gasteiger partial charge in [0.05, 0.1) is 6.10 Å². The molecule has 0 heterocycles. The maximum atomic E-state index is 11.6. The van der Waals surface area contributed by atoms with E-state index < -0.39 is 6.10 Å². The molecular weight excluding hydrogens is 408 g/mol. The van der Waals surface area contributed by atoms with E-state index in [4.69, 9.17) is 0 Å². The monoisotopic (exact) mass is 446 g/mol. The second-order valence-electron chi connectivity index (χ2n) is 9.03. The van der Waals surface area contributed by atoms with Crippen molar-refractivity contribution in [3.63, 3.8) is 0 Å². The highest BCUT2D eigenvalue weighted by Gasteiger charge is 2.29. The van der Waals surface area contributed by atoms with Crippen LogP contribution in [0.2, 0.25) is 0 Å². The molecule has 0 radical (unpaired) electrons. The lowest BCUT2D eigenvalue weighted by atomic mass is 9.77. The van der Waals surface area contributed by atoms with Gasteiger partial charge in [-0.2, -0.15) is 0 Å². The Balaban J connectivity index is 1.77. The van der Waals surface area contributed by atoms with E-state index in [1.807, 2.05) is 42.5 Å². The van der Waals surface area contributed by atoms with Gasteiger partial charge in [0, 0.05) is 25.0 Å². The third-order valence-electron chi connectivity index (χ3n) is 6.82. The molecule has 0 spiro atoms.